The van der Waals surface area contributed by atoms with E-state index in [1.54, 1.807) is 103 Å². The van der Waals surface area contributed by atoms with Gasteiger partial charge in [0.25, 0.3) is 5.91 Å². The fraction of sp³-hybridized carbons (Fsp3) is 0.129. The van der Waals surface area contributed by atoms with E-state index in [0.717, 1.165) is 0 Å². The molecule has 2 atom stereocenters. The van der Waals surface area contributed by atoms with Gasteiger partial charge in [-0.1, -0.05) is 54.6 Å². The quantitative estimate of drug-likeness (QED) is 0.243. The molecule has 1 heterocycles. The van der Waals surface area contributed by atoms with Gasteiger partial charge in [-0.25, -0.2) is 18.0 Å². The van der Waals surface area contributed by atoms with Crippen molar-refractivity contribution in [2.45, 2.75) is 12.1 Å². The largest absolute Gasteiger partial charge is 0.455 e. The molecule has 0 unspecified atom stereocenters. The Balaban J connectivity index is 1.46. The molecule has 202 valence electrons. The van der Waals surface area contributed by atoms with Crippen molar-refractivity contribution in [3.05, 3.63) is 132 Å². The standard InChI is InChI=1S/C31H25NO7S/c33-29(22-10-4-1-5-11-22)32(25-16-18-26(19-17-25)38-30(34)23-12-6-2-7-13-23)27-20-40(36,37)21-28(27)39-31(35)24-14-8-3-9-15-24/h1-19,27-28H,20-21H2/t27-,28+/m0/s1. The second-order valence-corrected chi connectivity index (χ2v) is 11.4. The maximum absolute atomic E-state index is 13.8. The Morgan fingerprint density at radius 3 is 1.68 bits per heavy atom. The highest BCUT2D eigenvalue weighted by atomic mass is 32.2. The van der Waals surface area contributed by atoms with Crippen LogP contribution in [0.1, 0.15) is 31.1 Å². The minimum absolute atomic E-state index is 0.246. The predicted octanol–water partition coefficient (Wildman–Crippen LogP) is 4.58. The summed E-state index contributed by atoms with van der Waals surface area (Å²) in [5.74, 6) is -2.23. The molecule has 5 rings (SSSR count). The highest BCUT2D eigenvalue weighted by Gasteiger charge is 2.46. The highest BCUT2D eigenvalue weighted by Crippen LogP contribution is 2.30. The molecule has 40 heavy (non-hydrogen) atoms. The van der Waals surface area contributed by atoms with Gasteiger partial charge in [0.1, 0.15) is 11.9 Å². The van der Waals surface area contributed by atoms with Gasteiger partial charge >= 0.3 is 11.9 Å². The zero-order chi connectivity index (χ0) is 28.1. The number of hydrogen-bond donors (Lipinski definition) is 0. The zero-order valence-corrected chi connectivity index (χ0v) is 22.1. The van der Waals surface area contributed by atoms with Crippen LogP contribution in [0, 0.1) is 0 Å². The van der Waals surface area contributed by atoms with Crippen LogP contribution in [-0.2, 0) is 14.6 Å². The first-order valence-corrected chi connectivity index (χ1v) is 14.4. The first-order chi connectivity index (χ1) is 19.3. The van der Waals surface area contributed by atoms with Crippen molar-refractivity contribution in [3.8, 4) is 5.75 Å². The Bertz CT molecular complexity index is 1610. The lowest BCUT2D eigenvalue weighted by Crippen LogP contribution is -2.48. The molecule has 1 saturated heterocycles. The summed E-state index contributed by atoms with van der Waals surface area (Å²) in [6.45, 7) is 0. The number of sulfone groups is 1. The third-order valence-corrected chi connectivity index (χ3v) is 8.13. The normalized spacial score (nSPS) is 17.5. The number of hydrogen-bond acceptors (Lipinski definition) is 7. The van der Waals surface area contributed by atoms with Crippen LogP contribution in [0.5, 0.6) is 5.75 Å². The zero-order valence-electron chi connectivity index (χ0n) is 21.3. The number of nitrogens with zero attached hydrogens (tertiary/aromatic N) is 1. The smallest absolute Gasteiger partial charge is 0.343 e. The van der Waals surface area contributed by atoms with Crippen molar-refractivity contribution in [3.63, 3.8) is 0 Å². The SMILES string of the molecule is O=C(Oc1ccc(N(C(=O)c2ccccc2)[C@H]2CS(=O)(=O)C[C@H]2OC(=O)c2ccccc2)cc1)c1ccccc1. The molecule has 0 radical (unpaired) electrons. The van der Waals surface area contributed by atoms with Gasteiger partial charge in [-0.2, -0.15) is 0 Å². The first kappa shape index (κ1) is 26.8. The lowest BCUT2D eigenvalue weighted by atomic mass is 10.1. The van der Waals surface area contributed by atoms with E-state index in [1.807, 2.05) is 0 Å². The molecule has 9 heteroatoms. The molecule has 0 aromatic heterocycles. The number of carbonyl (C=O) groups excluding carboxylic acids is 3. The number of esters is 2. The van der Waals surface area contributed by atoms with Gasteiger partial charge in [0.05, 0.1) is 28.7 Å². The molecule has 0 saturated carbocycles. The van der Waals surface area contributed by atoms with E-state index < -0.39 is 45.6 Å². The average Bonchev–Trinajstić information content (AvgIpc) is 3.28. The van der Waals surface area contributed by atoms with Crippen LogP contribution in [-0.4, -0.2) is 49.9 Å². The predicted molar refractivity (Wildman–Crippen MR) is 149 cm³/mol. The van der Waals surface area contributed by atoms with Crippen molar-refractivity contribution in [2.24, 2.45) is 0 Å². The molecule has 1 aliphatic heterocycles. The van der Waals surface area contributed by atoms with Gasteiger partial charge in [0, 0.05) is 11.3 Å². The van der Waals surface area contributed by atoms with Crippen molar-refractivity contribution in [2.75, 3.05) is 16.4 Å². The van der Waals surface area contributed by atoms with Gasteiger partial charge < -0.3 is 14.4 Å². The van der Waals surface area contributed by atoms with Crippen LogP contribution < -0.4 is 9.64 Å². The topological polar surface area (TPSA) is 107 Å². The number of anilines is 1. The fourth-order valence-electron chi connectivity index (χ4n) is 4.52. The second kappa shape index (κ2) is 11.5. The minimum Gasteiger partial charge on any atom is -0.455 e. The Kier molecular flexibility index (Phi) is 7.75. The molecule has 0 N–H and O–H groups in total. The molecule has 1 fully saturated rings. The number of rotatable bonds is 7. The van der Waals surface area contributed by atoms with Crippen molar-refractivity contribution in [1.29, 1.82) is 0 Å². The van der Waals surface area contributed by atoms with E-state index in [2.05, 4.69) is 0 Å². The van der Waals surface area contributed by atoms with E-state index in [-0.39, 0.29) is 17.1 Å². The van der Waals surface area contributed by atoms with E-state index in [0.29, 0.717) is 16.8 Å². The Hall–Kier alpha value is -4.76. The summed E-state index contributed by atoms with van der Waals surface area (Å²) >= 11 is 0. The average molecular weight is 556 g/mol. The minimum atomic E-state index is -3.64. The van der Waals surface area contributed by atoms with E-state index in [1.165, 1.54) is 17.0 Å². The van der Waals surface area contributed by atoms with Crippen molar-refractivity contribution in [1.82, 2.24) is 0 Å². The fourth-order valence-corrected chi connectivity index (χ4v) is 6.34. The van der Waals surface area contributed by atoms with E-state index in [9.17, 15) is 22.8 Å². The van der Waals surface area contributed by atoms with Crippen molar-refractivity contribution < 1.29 is 32.3 Å². The maximum Gasteiger partial charge on any atom is 0.343 e. The summed E-state index contributed by atoms with van der Waals surface area (Å²) in [6.07, 6.45) is -1.10. The van der Waals surface area contributed by atoms with Crippen LogP contribution >= 0.6 is 0 Å². The third-order valence-electron chi connectivity index (χ3n) is 6.45. The molecular weight excluding hydrogens is 530 g/mol. The van der Waals surface area contributed by atoms with Gasteiger partial charge in [-0.05, 0) is 60.7 Å². The summed E-state index contributed by atoms with van der Waals surface area (Å²) in [5.41, 5.74) is 1.35. The Labute approximate surface area is 231 Å². The molecule has 1 aliphatic rings. The van der Waals surface area contributed by atoms with Gasteiger partial charge in [-0.3, -0.25) is 4.79 Å². The molecule has 0 spiro atoms. The van der Waals surface area contributed by atoms with Gasteiger partial charge in [0.15, 0.2) is 9.84 Å². The molecule has 1 amide bonds. The lowest BCUT2D eigenvalue weighted by molar-refractivity contribution is 0.0314. The monoisotopic (exact) mass is 555 g/mol. The van der Waals surface area contributed by atoms with Crippen LogP contribution in [0.15, 0.2) is 115 Å². The van der Waals surface area contributed by atoms with Gasteiger partial charge in [-0.15, -0.1) is 0 Å². The maximum atomic E-state index is 13.8. The number of amides is 1. The van der Waals surface area contributed by atoms with Crippen molar-refractivity contribution >= 4 is 33.4 Å². The summed E-state index contributed by atoms with van der Waals surface area (Å²) in [5, 5.41) is 0. The van der Waals surface area contributed by atoms with Crippen LogP contribution in [0.3, 0.4) is 0 Å². The summed E-state index contributed by atoms with van der Waals surface area (Å²) in [4.78, 5) is 40.5. The molecular formula is C31H25NO7S. The van der Waals surface area contributed by atoms with Crippen LogP contribution in [0.25, 0.3) is 0 Å². The molecule has 8 nitrogen and oxygen atoms in total. The highest BCUT2D eigenvalue weighted by molar-refractivity contribution is 7.91. The summed E-state index contributed by atoms with van der Waals surface area (Å²) in [6, 6.07) is 30.4. The second-order valence-electron chi connectivity index (χ2n) is 9.24. The molecule has 0 aliphatic carbocycles. The summed E-state index contributed by atoms with van der Waals surface area (Å²) < 4.78 is 36.7. The van der Waals surface area contributed by atoms with Gasteiger partial charge in [0.2, 0.25) is 0 Å². The third kappa shape index (κ3) is 6.10. The lowest BCUT2D eigenvalue weighted by Gasteiger charge is -2.32. The van der Waals surface area contributed by atoms with Crippen LogP contribution in [0.2, 0.25) is 0 Å². The summed E-state index contributed by atoms with van der Waals surface area (Å²) in [7, 11) is -3.64. The van der Waals surface area contributed by atoms with E-state index >= 15 is 0 Å². The van der Waals surface area contributed by atoms with E-state index in [4.69, 9.17) is 9.47 Å². The van der Waals surface area contributed by atoms with Crippen LogP contribution in [0.4, 0.5) is 5.69 Å². The number of benzene rings is 4. The number of carbonyl (C=O) groups is 3. The molecule has 4 aromatic rings. The molecule has 4 aromatic carbocycles. The Morgan fingerprint density at radius 2 is 1.12 bits per heavy atom. The molecule has 0 bridgehead atoms. The Morgan fingerprint density at radius 1 is 0.625 bits per heavy atom. The number of ether oxygens (including phenoxy) is 2. The first-order valence-electron chi connectivity index (χ1n) is 12.5.